The zero-order valence-corrected chi connectivity index (χ0v) is 21.3. The number of aromatic nitrogens is 1. The van der Waals surface area contributed by atoms with E-state index in [4.69, 9.17) is 0 Å². The fourth-order valence-electron chi connectivity index (χ4n) is 5.33. The van der Waals surface area contributed by atoms with Gasteiger partial charge in [0, 0.05) is 73.4 Å². The number of fused-ring (bicyclic) bond motifs is 1. The number of amides is 1. The average molecular weight is 497 g/mol. The number of hydrogen-bond acceptors (Lipinski definition) is 4. The van der Waals surface area contributed by atoms with Crippen LogP contribution in [0.1, 0.15) is 41.5 Å². The maximum Gasteiger partial charge on any atom is 0.269 e. The highest BCUT2D eigenvalue weighted by molar-refractivity contribution is 5.88. The Morgan fingerprint density at radius 2 is 1.70 bits per heavy atom. The zero-order valence-electron chi connectivity index (χ0n) is 21.3. The van der Waals surface area contributed by atoms with Gasteiger partial charge in [0.1, 0.15) is 0 Å². The summed E-state index contributed by atoms with van der Waals surface area (Å²) in [6, 6.07) is 21.5. The van der Waals surface area contributed by atoms with Gasteiger partial charge in [-0.25, -0.2) is 0 Å². The number of H-pyrrole nitrogens is 1. The molecule has 7 heteroatoms. The number of aromatic amines is 1. The number of nitro groups is 1. The van der Waals surface area contributed by atoms with Crippen molar-refractivity contribution in [2.75, 3.05) is 31.1 Å². The minimum Gasteiger partial charge on any atom is -0.368 e. The van der Waals surface area contributed by atoms with Crippen molar-refractivity contribution in [1.29, 1.82) is 0 Å². The van der Waals surface area contributed by atoms with Gasteiger partial charge in [-0.2, -0.15) is 0 Å². The van der Waals surface area contributed by atoms with Crippen LogP contribution in [0.5, 0.6) is 0 Å². The molecule has 3 aromatic carbocycles. The van der Waals surface area contributed by atoms with Crippen LogP contribution in [-0.2, 0) is 11.2 Å². The summed E-state index contributed by atoms with van der Waals surface area (Å²) in [6.45, 7) is 6.90. The molecule has 0 saturated carbocycles. The molecular weight excluding hydrogens is 464 g/mol. The lowest BCUT2D eigenvalue weighted by Gasteiger charge is -2.36. The standard InChI is InChI=1S/C30H32N4O3/c1-3-22-5-4-6-26-28(20-31-30(22)26)27(23-9-7-21(2)8-10-23)19-29(35)33-17-15-32(16-18-33)24-11-13-25(14-12-24)34(36)37/h4-14,20,27,31H,3,15-19H2,1-2H3. The molecule has 0 radical (unpaired) electrons. The number of hydrogen-bond donors (Lipinski definition) is 1. The van der Waals surface area contributed by atoms with E-state index >= 15 is 0 Å². The number of aryl methyl sites for hydroxylation is 2. The number of carbonyl (C=O) groups excluding carboxylic acids is 1. The van der Waals surface area contributed by atoms with Gasteiger partial charge >= 0.3 is 0 Å². The predicted octanol–water partition coefficient (Wildman–Crippen LogP) is 5.82. The number of carbonyl (C=O) groups is 1. The number of nitro benzene ring substituents is 1. The molecule has 0 bridgehead atoms. The summed E-state index contributed by atoms with van der Waals surface area (Å²) < 4.78 is 0. The fourth-order valence-corrected chi connectivity index (χ4v) is 5.33. The summed E-state index contributed by atoms with van der Waals surface area (Å²) in [6.07, 6.45) is 3.43. The largest absolute Gasteiger partial charge is 0.368 e. The Balaban J connectivity index is 1.34. The summed E-state index contributed by atoms with van der Waals surface area (Å²) in [5.41, 5.74) is 6.96. The van der Waals surface area contributed by atoms with Gasteiger partial charge in [0.25, 0.3) is 5.69 Å². The summed E-state index contributed by atoms with van der Waals surface area (Å²) in [5, 5.41) is 12.1. The molecule has 1 atom stereocenters. The molecule has 1 aromatic heterocycles. The van der Waals surface area contributed by atoms with Crippen LogP contribution in [0.15, 0.2) is 72.9 Å². The predicted molar refractivity (Wildman–Crippen MR) is 147 cm³/mol. The molecule has 5 rings (SSSR count). The van der Waals surface area contributed by atoms with E-state index in [1.807, 2.05) is 4.90 Å². The average Bonchev–Trinajstić information content (AvgIpc) is 3.36. The molecule has 1 aliphatic heterocycles. The molecule has 0 aliphatic carbocycles. The molecule has 190 valence electrons. The van der Waals surface area contributed by atoms with E-state index < -0.39 is 0 Å². The van der Waals surface area contributed by atoms with Crippen LogP contribution < -0.4 is 4.90 Å². The van der Waals surface area contributed by atoms with Crippen molar-refractivity contribution in [3.8, 4) is 0 Å². The van der Waals surface area contributed by atoms with Gasteiger partial charge in [-0.15, -0.1) is 0 Å². The Morgan fingerprint density at radius 1 is 1.00 bits per heavy atom. The minimum absolute atomic E-state index is 0.0401. The van der Waals surface area contributed by atoms with Gasteiger partial charge in [0.05, 0.1) is 4.92 Å². The number of non-ortho nitro benzene ring substituents is 1. The number of nitrogens with zero attached hydrogens (tertiary/aromatic N) is 3. The fraction of sp³-hybridized carbons (Fsp3) is 0.300. The second-order valence-corrected chi connectivity index (χ2v) is 9.75. The lowest BCUT2D eigenvalue weighted by molar-refractivity contribution is -0.384. The highest BCUT2D eigenvalue weighted by Gasteiger charge is 2.27. The van der Waals surface area contributed by atoms with Crippen molar-refractivity contribution in [3.63, 3.8) is 0 Å². The number of nitrogens with one attached hydrogen (secondary N) is 1. The van der Waals surface area contributed by atoms with Gasteiger partial charge < -0.3 is 14.8 Å². The zero-order chi connectivity index (χ0) is 25.9. The molecule has 1 saturated heterocycles. The second-order valence-electron chi connectivity index (χ2n) is 9.75. The molecule has 2 heterocycles. The summed E-state index contributed by atoms with van der Waals surface area (Å²) >= 11 is 0. The first kappa shape index (κ1) is 24.6. The summed E-state index contributed by atoms with van der Waals surface area (Å²) in [7, 11) is 0. The van der Waals surface area contributed by atoms with Gasteiger partial charge in [0.2, 0.25) is 5.91 Å². The topological polar surface area (TPSA) is 82.5 Å². The first-order chi connectivity index (χ1) is 17.9. The number of anilines is 1. The first-order valence-corrected chi connectivity index (χ1v) is 12.9. The van der Waals surface area contributed by atoms with E-state index in [1.54, 1.807) is 12.1 Å². The number of rotatable bonds is 7. The van der Waals surface area contributed by atoms with Crippen LogP contribution in [0.3, 0.4) is 0 Å². The van der Waals surface area contributed by atoms with Gasteiger partial charge in [0.15, 0.2) is 0 Å². The maximum atomic E-state index is 13.6. The van der Waals surface area contributed by atoms with Crippen molar-refractivity contribution < 1.29 is 9.72 Å². The highest BCUT2D eigenvalue weighted by Crippen LogP contribution is 2.35. The van der Waals surface area contributed by atoms with Crippen LogP contribution >= 0.6 is 0 Å². The van der Waals surface area contributed by atoms with Crippen LogP contribution in [0, 0.1) is 17.0 Å². The monoisotopic (exact) mass is 496 g/mol. The Hall–Kier alpha value is -4.13. The summed E-state index contributed by atoms with van der Waals surface area (Å²) in [5.74, 6) is 0.108. The quantitative estimate of drug-likeness (QED) is 0.258. The van der Waals surface area contributed by atoms with Crippen molar-refractivity contribution in [2.45, 2.75) is 32.6 Å². The molecule has 7 nitrogen and oxygen atoms in total. The van der Waals surface area contributed by atoms with Crippen molar-refractivity contribution in [3.05, 3.63) is 105 Å². The van der Waals surface area contributed by atoms with Crippen LogP contribution in [0.4, 0.5) is 11.4 Å². The molecule has 4 aromatic rings. The van der Waals surface area contributed by atoms with Crippen molar-refractivity contribution >= 4 is 28.2 Å². The molecule has 1 aliphatic rings. The highest BCUT2D eigenvalue weighted by atomic mass is 16.6. The molecular formula is C30H32N4O3. The molecule has 0 spiro atoms. The number of para-hydroxylation sites is 1. The third-order valence-electron chi connectivity index (χ3n) is 7.51. The van der Waals surface area contributed by atoms with Crippen LogP contribution in [-0.4, -0.2) is 46.9 Å². The smallest absolute Gasteiger partial charge is 0.269 e. The molecule has 1 fully saturated rings. The first-order valence-electron chi connectivity index (χ1n) is 12.9. The van der Waals surface area contributed by atoms with Crippen LogP contribution in [0.2, 0.25) is 0 Å². The Labute approximate surface area is 216 Å². The van der Waals surface area contributed by atoms with E-state index in [2.05, 4.69) is 72.4 Å². The van der Waals surface area contributed by atoms with E-state index in [9.17, 15) is 14.9 Å². The Bertz CT molecular complexity index is 1400. The maximum absolute atomic E-state index is 13.6. The van der Waals surface area contributed by atoms with Gasteiger partial charge in [-0.05, 0) is 42.2 Å². The Kier molecular flexibility index (Phi) is 6.95. The van der Waals surface area contributed by atoms with E-state index in [0.717, 1.165) is 28.8 Å². The van der Waals surface area contributed by atoms with Crippen LogP contribution in [0.25, 0.3) is 10.9 Å². The molecule has 1 N–H and O–H groups in total. The van der Waals surface area contributed by atoms with Crippen molar-refractivity contribution in [2.24, 2.45) is 0 Å². The van der Waals surface area contributed by atoms with Crippen molar-refractivity contribution in [1.82, 2.24) is 9.88 Å². The molecule has 1 amide bonds. The third kappa shape index (κ3) is 5.07. The Morgan fingerprint density at radius 3 is 2.35 bits per heavy atom. The lowest BCUT2D eigenvalue weighted by atomic mass is 9.87. The second kappa shape index (κ2) is 10.5. The lowest BCUT2D eigenvalue weighted by Crippen LogP contribution is -2.49. The van der Waals surface area contributed by atoms with E-state index in [-0.39, 0.29) is 22.4 Å². The van der Waals surface area contributed by atoms with E-state index in [1.165, 1.54) is 28.6 Å². The summed E-state index contributed by atoms with van der Waals surface area (Å²) in [4.78, 5) is 31.8. The molecule has 1 unspecified atom stereocenters. The number of piperazine rings is 1. The normalized spacial score (nSPS) is 14.6. The number of benzene rings is 3. The SMILES string of the molecule is CCc1cccc2c(C(CC(=O)N3CCN(c4ccc([N+](=O)[O-])cc4)CC3)c3ccc(C)cc3)c[nH]c12. The third-order valence-corrected chi connectivity index (χ3v) is 7.51. The van der Waals surface area contributed by atoms with E-state index in [0.29, 0.717) is 32.6 Å². The minimum atomic E-state index is -0.387. The van der Waals surface area contributed by atoms with Gasteiger partial charge in [-0.3, -0.25) is 14.9 Å². The van der Waals surface area contributed by atoms with Gasteiger partial charge in [-0.1, -0.05) is 55.0 Å². The molecule has 37 heavy (non-hydrogen) atoms.